The normalized spacial score (nSPS) is 33.1. The van der Waals surface area contributed by atoms with Crippen LogP contribution in [0.15, 0.2) is 0 Å². The van der Waals surface area contributed by atoms with Crippen LogP contribution in [0.3, 0.4) is 0 Å². The molecule has 2 saturated heterocycles. The van der Waals surface area contributed by atoms with Crippen LogP contribution < -0.4 is 0 Å². The fourth-order valence-electron chi connectivity index (χ4n) is 3.25. The summed E-state index contributed by atoms with van der Waals surface area (Å²) in [5.41, 5.74) is -0.602. The van der Waals surface area contributed by atoms with Crippen LogP contribution >= 0.6 is 0 Å². The average molecular weight is 254 g/mol. The largest absolute Gasteiger partial charge is 0.481 e. The molecule has 0 aliphatic carbocycles. The first-order valence-corrected chi connectivity index (χ1v) is 7.18. The Morgan fingerprint density at radius 1 is 1.44 bits per heavy atom. The van der Waals surface area contributed by atoms with Gasteiger partial charge >= 0.3 is 5.97 Å². The Morgan fingerprint density at radius 2 is 2.17 bits per heavy atom. The summed E-state index contributed by atoms with van der Waals surface area (Å²) in [5.74, 6) is -0.661. The number of hydrogen-bond donors (Lipinski definition) is 1. The Labute approximate surface area is 110 Å². The fraction of sp³-hybridized carbons (Fsp3) is 0.929. The van der Waals surface area contributed by atoms with E-state index in [2.05, 4.69) is 16.7 Å². The van der Waals surface area contributed by atoms with Gasteiger partial charge in [0.2, 0.25) is 0 Å². The van der Waals surface area contributed by atoms with E-state index in [-0.39, 0.29) is 0 Å². The zero-order valence-corrected chi connectivity index (χ0v) is 11.9. The average Bonchev–Trinajstić information content (AvgIpc) is 2.76. The molecule has 0 aromatic heterocycles. The van der Waals surface area contributed by atoms with Crippen LogP contribution in [0.25, 0.3) is 0 Å². The van der Waals surface area contributed by atoms with Gasteiger partial charge in [0.1, 0.15) is 0 Å². The first-order valence-electron chi connectivity index (χ1n) is 7.18. The van der Waals surface area contributed by atoms with Crippen molar-refractivity contribution in [3.8, 4) is 0 Å². The predicted octanol–water partition coefficient (Wildman–Crippen LogP) is 1.66. The Kier molecular flexibility index (Phi) is 3.97. The molecule has 0 amide bonds. The highest BCUT2D eigenvalue weighted by Crippen LogP contribution is 2.29. The number of hydrogen-bond acceptors (Lipinski definition) is 3. The van der Waals surface area contributed by atoms with Crippen molar-refractivity contribution in [3.05, 3.63) is 0 Å². The van der Waals surface area contributed by atoms with Gasteiger partial charge in [0, 0.05) is 31.7 Å². The maximum absolute atomic E-state index is 11.4. The number of carboxylic acids is 1. The molecule has 3 atom stereocenters. The molecule has 1 N–H and O–H groups in total. The maximum Gasteiger partial charge on any atom is 0.310 e. The van der Waals surface area contributed by atoms with E-state index in [0.29, 0.717) is 25.0 Å². The summed E-state index contributed by atoms with van der Waals surface area (Å²) in [5, 5.41) is 9.40. The predicted molar refractivity (Wildman–Crippen MR) is 71.7 cm³/mol. The lowest BCUT2D eigenvalue weighted by molar-refractivity contribution is -0.150. The molecule has 3 unspecified atom stereocenters. The molecule has 4 heteroatoms. The van der Waals surface area contributed by atoms with Crippen LogP contribution in [-0.2, 0) is 4.79 Å². The van der Waals surface area contributed by atoms with Gasteiger partial charge in [0.15, 0.2) is 0 Å². The van der Waals surface area contributed by atoms with Gasteiger partial charge < -0.3 is 5.11 Å². The Hall–Kier alpha value is -0.610. The molecule has 2 fully saturated rings. The Bertz CT molecular complexity index is 321. The van der Waals surface area contributed by atoms with Crippen molar-refractivity contribution >= 4 is 5.97 Å². The first-order chi connectivity index (χ1) is 8.46. The van der Waals surface area contributed by atoms with Crippen LogP contribution in [0.4, 0.5) is 0 Å². The second kappa shape index (κ2) is 5.17. The van der Waals surface area contributed by atoms with Crippen molar-refractivity contribution in [2.24, 2.45) is 5.41 Å². The van der Waals surface area contributed by atoms with E-state index in [9.17, 15) is 9.90 Å². The molecule has 0 aromatic carbocycles. The highest BCUT2D eigenvalue weighted by molar-refractivity contribution is 5.74. The number of piperazine rings is 1. The number of carbonyl (C=O) groups is 1. The van der Waals surface area contributed by atoms with Gasteiger partial charge in [0.25, 0.3) is 0 Å². The molecule has 104 valence electrons. The number of rotatable bonds is 4. The SMILES string of the molecule is CCC(C)(CN1CC2CCCN2CC1C)C(=O)O. The molecule has 2 aliphatic rings. The van der Waals surface area contributed by atoms with E-state index >= 15 is 0 Å². The molecule has 2 heterocycles. The number of nitrogens with zero attached hydrogens (tertiary/aromatic N) is 2. The summed E-state index contributed by atoms with van der Waals surface area (Å²) in [7, 11) is 0. The number of carboxylic acid groups (broad SMARTS) is 1. The molecule has 2 aliphatic heterocycles. The zero-order chi connectivity index (χ0) is 13.3. The monoisotopic (exact) mass is 254 g/mol. The third-order valence-corrected chi connectivity index (χ3v) is 4.92. The Balaban J connectivity index is 2.02. The minimum absolute atomic E-state index is 0.476. The fourth-order valence-corrected chi connectivity index (χ4v) is 3.25. The quantitative estimate of drug-likeness (QED) is 0.828. The smallest absolute Gasteiger partial charge is 0.310 e. The van der Waals surface area contributed by atoms with Crippen molar-refractivity contribution in [3.63, 3.8) is 0 Å². The topological polar surface area (TPSA) is 43.8 Å². The minimum atomic E-state index is -0.661. The third-order valence-electron chi connectivity index (χ3n) is 4.92. The van der Waals surface area contributed by atoms with Gasteiger partial charge in [-0.2, -0.15) is 0 Å². The molecule has 0 aromatic rings. The molecule has 0 saturated carbocycles. The van der Waals surface area contributed by atoms with Gasteiger partial charge in [-0.1, -0.05) is 6.92 Å². The van der Waals surface area contributed by atoms with Gasteiger partial charge in [0.05, 0.1) is 5.41 Å². The van der Waals surface area contributed by atoms with Gasteiger partial charge in [-0.05, 0) is 39.7 Å². The summed E-state index contributed by atoms with van der Waals surface area (Å²) in [6, 6.07) is 1.14. The summed E-state index contributed by atoms with van der Waals surface area (Å²) < 4.78 is 0. The second-order valence-corrected chi connectivity index (χ2v) is 6.29. The molecule has 0 bridgehead atoms. The Morgan fingerprint density at radius 3 is 2.78 bits per heavy atom. The molecule has 0 radical (unpaired) electrons. The number of fused-ring (bicyclic) bond motifs is 1. The van der Waals surface area contributed by atoms with E-state index < -0.39 is 11.4 Å². The second-order valence-electron chi connectivity index (χ2n) is 6.29. The molecular formula is C14H26N2O2. The van der Waals surface area contributed by atoms with Crippen molar-refractivity contribution < 1.29 is 9.90 Å². The minimum Gasteiger partial charge on any atom is -0.481 e. The van der Waals surface area contributed by atoms with E-state index in [1.165, 1.54) is 19.4 Å². The molecule has 2 rings (SSSR count). The zero-order valence-electron chi connectivity index (χ0n) is 11.9. The standard InChI is InChI=1S/C14H26N2O2/c1-4-14(3,13(17)18)10-16-9-12-6-5-7-15(12)8-11(16)2/h11-12H,4-10H2,1-3H3,(H,17,18). The van der Waals surface area contributed by atoms with Crippen molar-refractivity contribution in [1.29, 1.82) is 0 Å². The highest BCUT2D eigenvalue weighted by atomic mass is 16.4. The maximum atomic E-state index is 11.4. The van der Waals surface area contributed by atoms with Crippen molar-refractivity contribution in [1.82, 2.24) is 9.80 Å². The van der Waals surface area contributed by atoms with E-state index in [0.717, 1.165) is 13.1 Å². The lowest BCUT2D eigenvalue weighted by atomic mass is 9.86. The lowest BCUT2D eigenvalue weighted by Crippen LogP contribution is -2.57. The van der Waals surface area contributed by atoms with Crippen LogP contribution in [0.5, 0.6) is 0 Å². The van der Waals surface area contributed by atoms with Crippen LogP contribution in [0.2, 0.25) is 0 Å². The summed E-state index contributed by atoms with van der Waals surface area (Å²) >= 11 is 0. The van der Waals surface area contributed by atoms with Crippen LogP contribution in [-0.4, -0.2) is 59.1 Å². The van der Waals surface area contributed by atoms with Gasteiger partial charge in [-0.3, -0.25) is 14.6 Å². The first kappa shape index (κ1) is 13.8. The molecule has 4 nitrogen and oxygen atoms in total. The van der Waals surface area contributed by atoms with E-state index in [1.54, 1.807) is 0 Å². The van der Waals surface area contributed by atoms with Crippen LogP contribution in [0.1, 0.15) is 40.0 Å². The molecular weight excluding hydrogens is 228 g/mol. The van der Waals surface area contributed by atoms with Crippen molar-refractivity contribution in [2.45, 2.75) is 52.1 Å². The third kappa shape index (κ3) is 2.54. The van der Waals surface area contributed by atoms with Gasteiger partial charge in [-0.25, -0.2) is 0 Å². The lowest BCUT2D eigenvalue weighted by Gasteiger charge is -2.44. The number of aliphatic carboxylic acids is 1. The van der Waals surface area contributed by atoms with E-state index in [4.69, 9.17) is 0 Å². The summed E-state index contributed by atoms with van der Waals surface area (Å²) in [4.78, 5) is 16.4. The van der Waals surface area contributed by atoms with Gasteiger partial charge in [-0.15, -0.1) is 0 Å². The molecule has 0 spiro atoms. The summed E-state index contributed by atoms with van der Waals surface area (Å²) in [6.07, 6.45) is 3.27. The molecule has 18 heavy (non-hydrogen) atoms. The van der Waals surface area contributed by atoms with Crippen molar-refractivity contribution in [2.75, 3.05) is 26.2 Å². The highest BCUT2D eigenvalue weighted by Gasteiger charge is 2.39. The summed E-state index contributed by atoms with van der Waals surface area (Å²) in [6.45, 7) is 10.1. The van der Waals surface area contributed by atoms with E-state index in [1.807, 2.05) is 13.8 Å². The van der Waals surface area contributed by atoms with Crippen LogP contribution in [0, 0.1) is 5.41 Å².